The number of nitrogens with zero attached hydrogens (tertiary/aromatic N) is 1. The van der Waals surface area contributed by atoms with Crippen molar-refractivity contribution < 1.29 is 0 Å². The maximum absolute atomic E-state index is 4.18. The molecule has 0 aliphatic carbocycles. The molecule has 1 nitrogen and oxygen atoms in total. The summed E-state index contributed by atoms with van der Waals surface area (Å²) in [6.45, 7) is 3.47. The van der Waals surface area contributed by atoms with Gasteiger partial charge in [-0.25, -0.2) is 0 Å². The Labute approximate surface area is 98.0 Å². The van der Waals surface area contributed by atoms with Gasteiger partial charge >= 0.3 is 0 Å². The Kier molecular flexibility index (Phi) is 5.22. The van der Waals surface area contributed by atoms with Crippen molar-refractivity contribution in [2.24, 2.45) is 0 Å². The Hall–Kier alpha value is -0.900. The largest absolute Gasteiger partial charge is 0.256 e. The Morgan fingerprint density at radius 3 is 2.50 bits per heavy atom. The van der Waals surface area contributed by atoms with Crippen molar-refractivity contribution in [2.45, 2.75) is 0 Å². The zero-order chi connectivity index (χ0) is 10.2. The van der Waals surface area contributed by atoms with Crippen LogP contribution in [0.4, 0.5) is 0 Å². The highest BCUT2D eigenvalue weighted by molar-refractivity contribution is 14.1. The summed E-state index contributed by atoms with van der Waals surface area (Å²) in [6.07, 6.45) is 3.67. The number of pyridine rings is 1. The predicted molar refractivity (Wildman–Crippen MR) is 70.8 cm³/mol. The van der Waals surface area contributed by atoms with Crippen LogP contribution in [0.5, 0.6) is 0 Å². The number of hydrogen-bond acceptors (Lipinski definition) is 1. The third-order valence-corrected chi connectivity index (χ3v) is 2.24. The van der Waals surface area contributed by atoms with Gasteiger partial charge in [0.25, 0.3) is 0 Å². The second-order valence-corrected chi connectivity index (χ2v) is 3.52. The topological polar surface area (TPSA) is 12.9 Å². The molecule has 0 spiro atoms. The molecule has 0 amide bonds. The van der Waals surface area contributed by atoms with Gasteiger partial charge in [0.05, 0.1) is 5.52 Å². The Balaban J connectivity index is 0.000000213. The first-order valence-electron chi connectivity index (χ1n) is 4.35. The van der Waals surface area contributed by atoms with Crippen LogP contribution in [0.3, 0.4) is 0 Å². The van der Waals surface area contributed by atoms with Gasteiger partial charge in [0.2, 0.25) is 0 Å². The van der Waals surface area contributed by atoms with Crippen molar-refractivity contribution in [1.29, 1.82) is 0 Å². The summed E-state index contributed by atoms with van der Waals surface area (Å²) in [7, 11) is 0. The smallest absolute Gasteiger partial charge is 0.0701 e. The van der Waals surface area contributed by atoms with E-state index in [2.05, 4.69) is 46.3 Å². The van der Waals surface area contributed by atoms with E-state index < -0.39 is 0 Å². The number of benzene rings is 1. The lowest BCUT2D eigenvalue weighted by atomic mass is 10.2. The van der Waals surface area contributed by atoms with Crippen LogP contribution in [0.15, 0.2) is 55.3 Å². The molecule has 0 saturated heterocycles. The molecule has 0 radical (unpaired) electrons. The van der Waals surface area contributed by atoms with Crippen LogP contribution in [-0.2, 0) is 0 Å². The lowest BCUT2D eigenvalue weighted by Crippen LogP contribution is -1.73. The zero-order valence-electron chi connectivity index (χ0n) is 7.86. The van der Waals surface area contributed by atoms with Crippen molar-refractivity contribution in [3.8, 4) is 0 Å². The molecular weight excluding hydrogens is 285 g/mol. The van der Waals surface area contributed by atoms with Crippen molar-refractivity contribution in [2.75, 3.05) is 4.43 Å². The normalized spacial score (nSPS) is 8.93. The number of halogens is 1. The van der Waals surface area contributed by atoms with Gasteiger partial charge in [-0.05, 0) is 12.1 Å². The average Bonchev–Trinajstić information content (AvgIpc) is 2.30. The minimum absolute atomic E-state index is 1.05. The molecule has 1 aromatic heterocycles. The predicted octanol–water partition coefficient (Wildman–Crippen LogP) is 3.84. The number of allylic oxidation sites excluding steroid dienone is 1. The van der Waals surface area contributed by atoms with Crippen LogP contribution in [0.1, 0.15) is 0 Å². The highest BCUT2D eigenvalue weighted by Gasteiger charge is 1.86. The number of fused-ring (bicyclic) bond motifs is 1. The zero-order valence-corrected chi connectivity index (χ0v) is 10.0. The molecule has 0 atom stereocenters. The first-order valence-corrected chi connectivity index (χ1v) is 5.87. The minimum atomic E-state index is 1.05. The van der Waals surface area contributed by atoms with Gasteiger partial charge in [0, 0.05) is 16.0 Å². The van der Waals surface area contributed by atoms with Gasteiger partial charge in [-0.2, -0.15) is 0 Å². The summed E-state index contributed by atoms with van der Waals surface area (Å²) >= 11 is 2.23. The van der Waals surface area contributed by atoms with Gasteiger partial charge < -0.3 is 0 Å². The summed E-state index contributed by atoms with van der Waals surface area (Å²) in [5.41, 5.74) is 1.06. The molecule has 72 valence electrons. The molecule has 14 heavy (non-hydrogen) atoms. The second-order valence-electron chi connectivity index (χ2n) is 2.64. The lowest BCUT2D eigenvalue weighted by molar-refractivity contribution is 1.41. The summed E-state index contributed by atoms with van der Waals surface area (Å²) < 4.78 is 1.05. The number of para-hydroxylation sites is 1. The van der Waals surface area contributed by atoms with E-state index in [9.17, 15) is 0 Å². The van der Waals surface area contributed by atoms with Gasteiger partial charge in [-0.1, -0.05) is 52.9 Å². The number of rotatable bonds is 1. The Morgan fingerprint density at radius 2 is 1.86 bits per heavy atom. The fourth-order valence-corrected chi connectivity index (χ4v) is 1.02. The summed E-state index contributed by atoms with van der Waals surface area (Å²) in [5.74, 6) is 0. The molecule has 0 aliphatic heterocycles. The molecule has 1 heterocycles. The van der Waals surface area contributed by atoms with Crippen LogP contribution in [0.2, 0.25) is 0 Å². The molecule has 0 unspecified atom stereocenters. The summed E-state index contributed by atoms with van der Waals surface area (Å²) in [5, 5.41) is 1.20. The lowest BCUT2D eigenvalue weighted by Gasteiger charge is -1.91. The Bertz CT molecular complexity index is 333. The third kappa shape index (κ3) is 3.46. The highest BCUT2D eigenvalue weighted by atomic mass is 127. The number of alkyl halides is 1. The van der Waals surface area contributed by atoms with Crippen LogP contribution in [0.25, 0.3) is 10.9 Å². The van der Waals surface area contributed by atoms with Crippen LogP contribution >= 0.6 is 22.6 Å². The van der Waals surface area contributed by atoms with Gasteiger partial charge in [0.1, 0.15) is 0 Å². The first kappa shape index (κ1) is 11.2. The van der Waals surface area contributed by atoms with E-state index in [0.717, 1.165) is 9.94 Å². The minimum Gasteiger partial charge on any atom is -0.256 e. The van der Waals surface area contributed by atoms with Crippen molar-refractivity contribution in [3.63, 3.8) is 0 Å². The van der Waals surface area contributed by atoms with Gasteiger partial charge in [-0.3, -0.25) is 4.98 Å². The number of hydrogen-bond donors (Lipinski definition) is 0. The van der Waals surface area contributed by atoms with Gasteiger partial charge in [0.15, 0.2) is 0 Å². The fraction of sp³-hybridized carbons (Fsp3) is 0.0833. The maximum Gasteiger partial charge on any atom is 0.0701 e. The quantitative estimate of drug-likeness (QED) is 0.443. The molecule has 0 aliphatic rings. The van der Waals surface area contributed by atoms with Crippen LogP contribution in [-0.4, -0.2) is 9.41 Å². The average molecular weight is 297 g/mol. The van der Waals surface area contributed by atoms with E-state index in [-0.39, 0.29) is 0 Å². The molecular formula is C12H12IN. The van der Waals surface area contributed by atoms with Crippen molar-refractivity contribution in [1.82, 2.24) is 4.98 Å². The molecule has 2 aromatic rings. The van der Waals surface area contributed by atoms with Crippen molar-refractivity contribution in [3.05, 3.63) is 55.3 Å². The molecule has 2 heteroatoms. The van der Waals surface area contributed by atoms with Gasteiger partial charge in [-0.15, -0.1) is 6.58 Å². The first-order chi connectivity index (χ1) is 6.88. The second kappa shape index (κ2) is 6.54. The van der Waals surface area contributed by atoms with E-state index >= 15 is 0 Å². The highest BCUT2D eigenvalue weighted by Crippen LogP contribution is 2.07. The molecule has 0 N–H and O–H groups in total. The molecule has 2 rings (SSSR count). The fourth-order valence-electron chi connectivity index (χ4n) is 1.02. The maximum atomic E-state index is 4.18. The third-order valence-electron chi connectivity index (χ3n) is 1.62. The molecule has 1 aromatic carbocycles. The van der Waals surface area contributed by atoms with E-state index in [1.807, 2.05) is 36.5 Å². The molecule has 0 saturated carbocycles. The molecule has 0 fully saturated rings. The standard InChI is InChI=1S/C9H7N.C3H5I/c1-2-6-9-8(4-1)5-3-7-10-9;1-2-3-4/h1-7H;2H,1,3H2. The molecule has 0 bridgehead atoms. The SMILES string of the molecule is C=CCI.c1ccc2ncccc2c1. The van der Waals surface area contributed by atoms with Crippen LogP contribution in [0, 0.1) is 0 Å². The van der Waals surface area contributed by atoms with E-state index in [4.69, 9.17) is 0 Å². The Morgan fingerprint density at radius 1 is 1.21 bits per heavy atom. The monoisotopic (exact) mass is 297 g/mol. The number of aromatic nitrogens is 1. The summed E-state index contributed by atoms with van der Waals surface area (Å²) in [4.78, 5) is 4.18. The van der Waals surface area contributed by atoms with Crippen LogP contribution < -0.4 is 0 Å². The van der Waals surface area contributed by atoms with E-state index in [0.29, 0.717) is 0 Å². The summed E-state index contributed by atoms with van der Waals surface area (Å²) in [6, 6.07) is 12.1. The van der Waals surface area contributed by atoms with Crippen molar-refractivity contribution >= 4 is 33.5 Å². The van der Waals surface area contributed by atoms with E-state index in [1.54, 1.807) is 0 Å². The van der Waals surface area contributed by atoms with E-state index in [1.165, 1.54) is 5.39 Å².